The van der Waals surface area contributed by atoms with Gasteiger partial charge in [-0.3, -0.25) is 4.79 Å². The Kier molecular flexibility index (Phi) is 5.36. The van der Waals surface area contributed by atoms with Gasteiger partial charge in [-0.1, -0.05) is 42.8 Å². The Hall–Kier alpha value is -3.60. The molecule has 1 aromatic heterocycles. The maximum atomic E-state index is 14.6. The van der Waals surface area contributed by atoms with Crippen molar-refractivity contribution in [3.8, 4) is 16.9 Å². The van der Waals surface area contributed by atoms with Gasteiger partial charge in [0.1, 0.15) is 11.6 Å². The molecular weight excluding hydrogens is 439 g/mol. The van der Waals surface area contributed by atoms with Gasteiger partial charge in [0.15, 0.2) is 0 Å². The summed E-state index contributed by atoms with van der Waals surface area (Å²) in [5.74, 6) is 0.419. The van der Waals surface area contributed by atoms with Gasteiger partial charge in [-0.2, -0.15) is 0 Å². The van der Waals surface area contributed by atoms with Crippen molar-refractivity contribution in [1.29, 1.82) is 0 Å². The van der Waals surface area contributed by atoms with Gasteiger partial charge in [-0.25, -0.2) is 4.39 Å². The number of fused-ring (bicyclic) bond motifs is 1. The number of carbonyl (C=O) groups excluding carboxylic acids is 1. The number of nitrogens with one attached hydrogen (secondary N) is 1. The van der Waals surface area contributed by atoms with Crippen LogP contribution in [-0.4, -0.2) is 23.6 Å². The molecule has 2 aliphatic rings. The maximum Gasteiger partial charge on any atom is 0.253 e. The normalized spacial score (nSPS) is 16.6. The summed E-state index contributed by atoms with van der Waals surface area (Å²) < 4.78 is 21.8. The van der Waals surface area contributed by atoms with Gasteiger partial charge in [0.25, 0.3) is 5.91 Å². The van der Waals surface area contributed by atoms with Crippen LogP contribution in [0.25, 0.3) is 22.0 Å². The number of methoxy groups -OCH3 is 1. The van der Waals surface area contributed by atoms with E-state index in [0.29, 0.717) is 28.4 Å². The lowest BCUT2D eigenvalue weighted by atomic mass is 9.54. The molecular formula is C30H29FN2O2. The highest BCUT2D eigenvalue weighted by molar-refractivity contribution is 6.06. The number of nitrogens with zero attached hydrogens (tertiary/aromatic N) is 1. The van der Waals surface area contributed by atoms with Crippen LogP contribution in [0.4, 0.5) is 4.39 Å². The summed E-state index contributed by atoms with van der Waals surface area (Å²) >= 11 is 0. The van der Waals surface area contributed by atoms with Gasteiger partial charge < -0.3 is 14.6 Å². The van der Waals surface area contributed by atoms with Crippen LogP contribution in [0.2, 0.25) is 0 Å². The third kappa shape index (κ3) is 3.99. The number of benzene rings is 3. The summed E-state index contributed by atoms with van der Waals surface area (Å²) in [6, 6.07) is 21.3. The fourth-order valence-corrected chi connectivity index (χ4v) is 5.82. The standard InChI is InChI=1S/C30H29FN2O2/c1-35-24-9-7-22(8-10-24)21-5-3-20(4-6-21)19-33-16-13-25-27(31)12-11-26(28(25)33)29(34)32-23-17-30(18-23)14-2-15-30/h3-13,16,23H,2,14-15,17-19H2,1H3,(H,32,34). The largest absolute Gasteiger partial charge is 0.497 e. The molecule has 4 aromatic rings. The van der Waals surface area contributed by atoms with Crippen molar-refractivity contribution in [3.63, 3.8) is 0 Å². The molecule has 0 saturated heterocycles. The number of aromatic nitrogens is 1. The van der Waals surface area contributed by atoms with Crippen LogP contribution in [0.5, 0.6) is 5.75 Å². The van der Waals surface area contributed by atoms with E-state index >= 15 is 0 Å². The molecule has 1 spiro atoms. The van der Waals surface area contributed by atoms with Gasteiger partial charge in [-0.05, 0) is 78.1 Å². The lowest BCUT2D eigenvalue weighted by molar-refractivity contribution is -0.000603. The molecule has 0 atom stereocenters. The van der Waals surface area contributed by atoms with Crippen LogP contribution in [-0.2, 0) is 6.54 Å². The van der Waals surface area contributed by atoms with Crippen molar-refractivity contribution in [2.75, 3.05) is 7.11 Å². The quantitative estimate of drug-likeness (QED) is 0.348. The van der Waals surface area contributed by atoms with Crippen LogP contribution in [0.15, 0.2) is 72.9 Å². The van der Waals surface area contributed by atoms with Crippen molar-refractivity contribution in [2.24, 2.45) is 5.41 Å². The Morgan fingerprint density at radius 3 is 2.31 bits per heavy atom. The topological polar surface area (TPSA) is 43.3 Å². The number of halogens is 1. The molecule has 0 unspecified atom stereocenters. The summed E-state index contributed by atoms with van der Waals surface area (Å²) in [5, 5.41) is 3.68. The highest BCUT2D eigenvalue weighted by Gasteiger charge is 2.48. The summed E-state index contributed by atoms with van der Waals surface area (Å²) in [4.78, 5) is 13.2. The van der Waals surface area contributed by atoms with E-state index in [9.17, 15) is 9.18 Å². The average Bonchev–Trinajstić information content (AvgIpc) is 3.25. The van der Waals surface area contributed by atoms with Gasteiger partial charge >= 0.3 is 0 Å². The monoisotopic (exact) mass is 468 g/mol. The Labute approximate surface area is 204 Å². The molecule has 6 rings (SSSR count). The number of ether oxygens (including phenoxy) is 1. The Bertz CT molecular complexity index is 1380. The first kappa shape index (κ1) is 21.9. The van der Waals surface area contributed by atoms with Crippen molar-refractivity contribution < 1.29 is 13.9 Å². The van der Waals surface area contributed by atoms with Gasteiger partial charge in [0.05, 0.1) is 18.2 Å². The minimum absolute atomic E-state index is 0.107. The van der Waals surface area contributed by atoms with Crippen LogP contribution in [0.1, 0.15) is 48.0 Å². The summed E-state index contributed by atoms with van der Waals surface area (Å²) in [6.45, 7) is 0.558. The highest BCUT2D eigenvalue weighted by atomic mass is 19.1. The number of rotatable bonds is 6. The number of carbonyl (C=O) groups is 1. The minimum atomic E-state index is -0.304. The van der Waals surface area contributed by atoms with Crippen molar-refractivity contribution in [3.05, 3.63) is 89.9 Å². The third-order valence-corrected chi connectivity index (χ3v) is 7.96. The zero-order chi connectivity index (χ0) is 24.0. The number of hydrogen-bond acceptors (Lipinski definition) is 2. The summed E-state index contributed by atoms with van der Waals surface area (Å²) in [7, 11) is 1.66. The number of amides is 1. The Balaban J connectivity index is 1.23. The van der Waals surface area contributed by atoms with E-state index in [1.165, 1.54) is 25.3 Å². The fourth-order valence-electron chi connectivity index (χ4n) is 5.82. The smallest absolute Gasteiger partial charge is 0.253 e. The molecule has 1 heterocycles. The second-order valence-corrected chi connectivity index (χ2v) is 10.2. The Morgan fingerprint density at radius 2 is 1.69 bits per heavy atom. The highest BCUT2D eigenvalue weighted by Crippen LogP contribution is 2.55. The van der Waals surface area contributed by atoms with Crippen LogP contribution in [0, 0.1) is 11.2 Å². The second kappa shape index (κ2) is 8.56. The average molecular weight is 469 g/mol. The molecule has 1 amide bonds. The predicted molar refractivity (Wildman–Crippen MR) is 136 cm³/mol. The molecule has 4 nitrogen and oxygen atoms in total. The molecule has 0 aliphatic heterocycles. The first-order valence-electron chi connectivity index (χ1n) is 12.4. The van der Waals surface area contributed by atoms with E-state index in [-0.39, 0.29) is 17.8 Å². The summed E-state index contributed by atoms with van der Waals surface area (Å²) in [5.41, 5.74) is 5.00. The molecule has 2 aliphatic carbocycles. The lowest BCUT2D eigenvalue weighted by Crippen LogP contribution is -2.53. The van der Waals surface area contributed by atoms with Crippen LogP contribution in [0.3, 0.4) is 0 Å². The molecule has 5 heteroatoms. The first-order valence-corrected chi connectivity index (χ1v) is 12.4. The first-order chi connectivity index (χ1) is 17.0. The second-order valence-electron chi connectivity index (χ2n) is 10.2. The van der Waals surface area contributed by atoms with Crippen molar-refractivity contribution >= 4 is 16.8 Å². The van der Waals surface area contributed by atoms with E-state index in [1.807, 2.05) is 35.0 Å². The van der Waals surface area contributed by atoms with Crippen LogP contribution < -0.4 is 10.1 Å². The molecule has 2 saturated carbocycles. The van der Waals surface area contributed by atoms with Crippen molar-refractivity contribution in [2.45, 2.75) is 44.7 Å². The molecule has 0 radical (unpaired) electrons. The molecule has 35 heavy (non-hydrogen) atoms. The van der Waals surface area contributed by atoms with E-state index < -0.39 is 0 Å². The molecule has 2 fully saturated rings. The van der Waals surface area contributed by atoms with Gasteiger partial charge in [0.2, 0.25) is 0 Å². The zero-order valence-corrected chi connectivity index (χ0v) is 19.9. The fraction of sp³-hybridized carbons (Fsp3) is 0.300. The van der Waals surface area contributed by atoms with E-state index in [2.05, 4.69) is 29.6 Å². The SMILES string of the molecule is COc1ccc(-c2ccc(Cn3ccc4c(F)ccc(C(=O)NC5CC6(CCC6)C5)c43)cc2)cc1. The number of hydrogen-bond donors (Lipinski definition) is 1. The predicted octanol–water partition coefficient (Wildman–Crippen LogP) is 6.57. The van der Waals surface area contributed by atoms with E-state index in [0.717, 1.165) is 35.3 Å². The minimum Gasteiger partial charge on any atom is -0.497 e. The van der Waals surface area contributed by atoms with Gasteiger partial charge in [0, 0.05) is 24.2 Å². The maximum absolute atomic E-state index is 14.6. The molecule has 3 aromatic carbocycles. The lowest BCUT2D eigenvalue weighted by Gasteiger charge is -2.54. The zero-order valence-electron chi connectivity index (χ0n) is 19.9. The molecule has 178 valence electrons. The Morgan fingerprint density at radius 1 is 1.00 bits per heavy atom. The van der Waals surface area contributed by atoms with E-state index in [4.69, 9.17) is 4.74 Å². The summed E-state index contributed by atoms with van der Waals surface area (Å²) in [6.07, 6.45) is 7.91. The molecule has 0 bridgehead atoms. The third-order valence-electron chi connectivity index (χ3n) is 7.96. The van der Waals surface area contributed by atoms with Gasteiger partial charge in [-0.15, -0.1) is 0 Å². The molecule has 1 N–H and O–H groups in total. The van der Waals surface area contributed by atoms with Crippen LogP contribution >= 0.6 is 0 Å². The van der Waals surface area contributed by atoms with Crippen molar-refractivity contribution in [1.82, 2.24) is 9.88 Å². The van der Waals surface area contributed by atoms with E-state index in [1.54, 1.807) is 19.2 Å².